The first kappa shape index (κ1) is 37.5. The van der Waals surface area contributed by atoms with Gasteiger partial charge in [-0.2, -0.15) is 0 Å². The minimum atomic E-state index is -2.34. The summed E-state index contributed by atoms with van der Waals surface area (Å²) in [6, 6.07) is 21.7. The minimum absolute atomic E-state index is 0.152. The van der Waals surface area contributed by atoms with Crippen molar-refractivity contribution in [1.82, 2.24) is 0 Å². The molecule has 2 saturated carbocycles. The molecule has 11 atom stereocenters. The van der Waals surface area contributed by atoms with E-state index in [-0.39, 0.29) is 12.5 Å². The third kappa shape index (κ3) is 5.75. The molecule has 7 rings (SSSR count). The minimum Gasteiger partial charge on any atom is -0.458 e. The Labute approximate surface area is 309 Å². The molecule has 282 valence electrons. The molecule has 0 aromatic heterocycles. The van der Waals surface area contributed by atoms with E-state index in [0.717, 1.165) is 34.8 Å². The Kier molecular flexibility index (Phi) is 9.92. The zero-order valence-electron chi connectivity index (χ0n) is 31.9. The summed E-state index contributed by atoms with van der Waals surface area (Å²) < 4.78 is 41.7. The quantitative estimate of drug-likeness (QED) is 0.159. The first-order valence-electron chi connectivity index (χ1n) is 19.3. The summed E-state index contributed by atoms with van der Waals surface area (Å²) in [5.41, 5.74) is 0.551. The molecule has 1 unspecified atom stereocenters. The van der Waals surface area contributed by atoms with Gasteiger partial charge in [0.15, 0.2) is 20.2 Å². The van der Waals surface area contributed by atoms with Gasteiger partial charge in [-0.25, -0.2) is 4.79 Å². The number of ether oxygens (including phenoxy) is 5. The van der Waals surface area contributed by atoms with E-state index < -0.39 is 85.5 Å². The number of fused-ring (bicyclic) bond motifs is 4. The number of aliphatic hydroxyl groups excluding tert-OH is 1. The lowest BCUT2D eigenvalue weighted by molar-refractivity contribution is -0.406. The van der Waals surface area contributed by atoms with Crippen molar-refractivity contribution < 1.29 is 42.8 Å². The second kappa shape index (κ2) is 13.8. The van der Waals surface area contributed by atoms with Gasteiger partial charge in [-0.15, -0.1) is 0 Å². The maximum absolute atomic E-state index is 14.3. The van der Waals surface area contributed by atoms with Crippen LogP contribution in [0.4, 0.5) is 0 Å². The molecule has 4 fully saturated rings. The van der Waals surface area contributed by atoms with Crippen molar-refractivity contribution >= 4 is 20.3 Å². The van der Waals surface area contributed by atoms with Gasteiger partial charge in [-0.3, -0.25) is 4.79 Å². The monoisotopic (exact) mass is 732 g/mol. The predicted molar refractivity (Wildman–Crippen MR) is 198 cm³/mol. The zero-order valence-corrected chi connectivity index (χ0v) is 32.9. The molecule has 0 spiro atoms. The van der Waals surface area contributed by atoms with Gasteiger partial charge < -0.3 is 33.2 Å². The lowest BCUT2D eigenvalue weighted by atomic mass is 9.45. The van der Waals surface area contributed by atoms with Gasteiger partial charge in [-0.1, -0.05) is 90.1 Å². The molecule has 2 heterocycles. The second-order valence-corrected chi connectivity index (χ2v) is 21.3. The standard InChI is InChI=1S/C42H56O9Si/c1-9-52(10-2,11-3)51-35-33-25(4)30(44)22-29(40(33,6)7)34(48-38(45)27-18-14-12-15-19-27)36-41(8)31(23-32-42(36,24-46-32)50-26(5)43)47-39(49-37(35)41)28-20-16-13-17-21-28/h12-21,29-32,34-37,39,44H,9-11,22-24H2,1-8H3/t29-,30-,31-,32+,34+,35+,36-,37-,39?,41+,42-/m0/s1. The number of benzene rings is 2. The molecule has 52 heavy (non-hydrogen) atoms. The number of esters is 2. The van der Waals surface area contributed by atoms with E-state index in [0.29, 0.717) is 18.4 Å². The van der Waals surface area contributed by atoms with E-state index in [9.17, 15) is 14.7 Å². The summed E-state index contributed by atoms with van der Waals surface area (Å²) in [5.74, 6) is -1.89. The fourth-order valence-corrected chi connectivity index (χ4v) is 13.5. The molecule has 2 saturated heterocycles. The molecule has 10 heteroatoms. The van der Waals surface area contributed by atoms with Gasteiger partial charge in [0.1, 0.15) is 12.2 Å². The molecule has 3 aliphatic carbocycles. The van der Waals surface area contributed by atoms with E-state index in [1.807, 2.05) is 55.5 Å². The van der Waals surface area contributed by atoms with Gasteiger partial charge in [0.25, 0.3) is 0 Å². The Morgan fingerprint density at radius 3 is 2.12 bits per heavy atom. The molecule has 2 bridgehead atoms. The number of hydrogen-bond donors (Lipinski definition) is 1. The maximum atomic E-state index is 14.3. The lowest BCUT2D eigenvalue weighted by Crippen LogP contribution is -2.81. The molecule has 0 radical (unpaired) electrons. The highest BCUT2D eigenvalue weighted by atomic mass is 28.4. The van der Waals surface area contributed by atoms with Crippen molar-refractivity contribution in [3.05, 3.63) is 82.9 Å². The number of aliphatic hydroxyl groups is 1. The highest BCUT2D eigenvalue weighted by Crippen LogP contribution is 2.67. The summed E-state index contributed by atoms with van der Waals surface area (Å²) in [6.45, 7) is 16.8. The van der Waals surface area contributed by atoms with Crippen LogP contribution >= 0.6 is 0 Å². The Morgan fingerprint density at radius 1 is 0.904 bits per heavy atom. The van der Waals surface area contributed by atoms with Crippen molar-refractivity contribution in [2.24, 2.45) is 22.7 Å². The van der Waals surface area contributed by atoms with Crippen LogP contribution in [0.1, 0.15) is 90.4 Å². The van der Waals surface area contributed by atoms with Crippen LogP contribution in [-0.2, 0) is 32.9 Å². The average molecular weight is 733 g/mol. The average Bonchev–Trinajstić information content (AvgIpc) is 3.13. The largest absolute Gasteiger partial charge is 0.458 e. The van der Waals surface area contributed by atoms with Crippen LogP contribution in [-0.4, -0.2) is 74.2 Å². The van der Waals surface area contributed by atoms with Crippen LogP contribution in [0.5, 0.6) is 0 Å². The topological polar surface area (TPSA) is 110 Å². The van der Waals surface area contributed by atoms with E-state index in [4.69, 9.17) is 28.1 Å². The van der Waals surface area contributed by atoms with Crippen LogP contribution < -0.4 is 0 Å². The van der Waals surface area contributed by atoms with E-state index in [2.05, 4.69) is 41.5 Å². The number of rotatable bonds is 9. The summed E-state index contributed by atoms with van der Waals surface area (Å²) in [5, 5.41) is 12.0. The van der Waals surface area contributed by atoms with E-state index >= 15 is 0 Å². The lowest BCUT2D eigenvalue weighted by Gasteiger charge is -2.70. The van der Waals surface area contributed by atoms with Gasteiger partial charge in [-0.05, 0) is 60.2 Å². The summed E-state index contributed by atoms with van der Waals surface area (Å²) in [7, 11) is -2.34. The fourth-order valence-electron chi connectivity index (χ4n) is 10.8. The zero-order chi connectivity index (χ0) is 37.2. The Bertz CT molecular complexity index is 1670. The predicted octanol–water partition coefficient (Wildman–Crippen LogP) is 7.55. The van der Waals surface area contributed by atoms with Gasteiger partial charge in [0.05, 0.1) is 42.5 Å². The summed E-state index contributed by atoms with van der Waals surface area (Å²) >= 11 is 0. The SMILES string of the molecule is CC[Si](CC)(CC)O[C@@H]1C2=C(C)[C@@H](O)C[C@@H]([C@@H](OC(=O)c3ccccc3)[C@@H]3[C@]4(OC(C)=O)CO[C@@H]4C[C@@H]4OC(c5ccccc5)O[C@@H]1[C@]43C)C2(C)C. The Morgan fingerprint density at radius 2 is 1.54 bits per heavy atom. The first-order valence-corrected chi connectivity index (χ1v) is 21.8. The van der Waals surface area contributed by atoms with Crippen LogP contribution in [0.25, 0.3) is 0 Å². The van der Waals surface area contributed by atoms with E-state index in [1.54, 1.807) is 12.1 Å². The fraction of sp³-hybridized carbons (Fsp3) is 0.619. The van der Waals surface area contributed by atoms with Crippen LogP contribution in [0.15, 0.2) is 71.8 Å². The summed E-state index contributed by atoms with van der Waals surface area (Å²) in [6.07, 6.45) is -3.60. The molecule has 2 aromatic rings. The molecule has 5 aliphatic rings. The highest BCUT2D eigenvalue weighted by molar-refractivity contribution is 6.73. The molecular formula is C42H56O9Si. The maximum Gasteiger partial charge on any atom is 0.338 e. The van der Waals surface area contributed by atoms with Crippen LogP contribution in [0, 0.1) is 22.7 Å². The molecule has 1 N–H and O–H groups in total. The molecular weight excluding hydrogens is 677 g/mol. The van der Waals surface area contributed by atoms with Crippen molar-refractivity contribution in [3.8, 4) is 0 Å². The summed E-state index contributed by atoms with van der Waals surface area (Å²) in [4.78, 5) is 27.4. The third-order valence-electron chi connectivity index (χ3n) is 13.8. The molecule has 2 aromatic carbocycles. The molecule has 9 nitrogen and oxygen atoms in total. The third-order valence-corrected chi connectivity index (χ3v) is 18.4. The Hall–Kier alpha value is -2.86. The van der Waals surface area contributed by atoms with Crippen molar-refractivity contribution in [3.63, 3.8) is 0 Å². The van der Waals surface area contributed by atoms with Gasteiger partial charge in [0, 0.05) is 30.2 Å². The number of carbonyl (C=O) groups is 2. The first-order chi connectivity index (χ1) is 24.8. The smallest absolute Gasteiger partial charge is 0.338 e. The van der Waals surface area contributed by atoms with Crippen molar-refractivity contribution in [1.29, 1.82) is 0 Å². The van der Waals surface area contributed by atoms with Crippen LogP contribution in [0.3, 0.4) is 0 Å². The van der Waals surface area contributed by atoms with Gasteiger partial charge in [0.2, 0.25) is 0 Å². The molecule has 0 amide bonds. The number of hydrogen-bond acceptors (Lipinski definition) is 9. The normalized spacial score (nSPS) is 37.8. The second-order valence-electron chi connectivity index (χ2n) is 16.5. The number of carbonyl (C=O) groups excluding carboxylic acids is 2. The Balaban J connectivity index is 1.52. The highest BCUT2D eigenvalue weighted by Gasteiger charge is 2.77. The van der Waals surface area contributed by atoms with Crippen molar-refractivity contribution in [2.45, 2.75) is 135 Å². The van der Waals surface area contributed by atoms with Crippen LogP contribution in [0.2, 0.25) is 18.1 Å². The van der Waals surface area contributed by atoms with E-state index in [1.165, 1.54) is 6.92 Å². The van der Waals surface area contributed by atoms with Gasteiger partial charge >= 0.3 is 11.9 Å². The van der Waals surface area contributed by atoms with Crippen molar-refractivity contribution in [2.75, 3.05) is 6.61 Å². The molecule has 2 aliphatic heterocycles.